The van der Waals surface area contributed by atoms with Gasteiger partial charge in [0.25, 0.3) is 0 Å². The number of aromatic hydroxyl groups is 1. The molecule has 0 saturated carbocycles. The molecule has 54 valence electrons. The van der Waals surface area contributed by atoms with Gasteiger partial charge in [-0.15, -0.1) is 0 Å². The predicted molar refractivity (Wildman–Crippen MR) is 38.2 cm³/mol. The zero-order chi connectivity index (χ0) is 7.72. The van der Waals surface area contributed by atoms with Crippen molar-refractivity contribution in [3.8, 4) is 5.88 Å². The third-order valence-corrected chi connectivity index (χ3v) is 1.52. The third kappa shape index (κ3) is 1.19. The molecule has 0 aliphatic rings. The molecule has 0 unspecified atom stereocenters. The molecule has 0 aromatic carbocycles. The quantitative estimate of drug-likeness (QED) is 0.622. The van der Waals surface area contributed by atoms with Gasteiger partial charge in [-0.2, -0.15) is 0 Å². The summed E-state index contributed by atoms with van der Waals surface area (Å²) in [6.45, 7) is 3.34. The van der Waals surface area contributed by atoms with Gasteiger partial charge < -0.3 is 5.11 Å². The van der Waals surface area contributed by atoms with Crippen LogP contribution in [0.15, 0.2) is 0 Å². The largest absolute Gasteiger partial charge is 0.492 e. The van der Waals surface area contributed by atoms with Crippen LogP contribution in [0.3, 0.4) is 0 Å². The van der Waals surface area contributed by atoms with E-state index >= 15 is 0 Å². The molecule has 0 aliphatic heterocycles. The van der Waals surface area contributed by atoms with Crippen LogP contribution < -0.4 is 0 Å². The van der Waals surface area contributed by atoms with Gasteiger partial charge in [0.05, 0.1) is 5.69 Å². The standard InChI is InChI=1S/C6H7ClN2O/c1-3-5(7)8-4(2)6(10)9-3/h1-2H3,(H,9,10). The molecule has 0 bridgehead atoms. The van der Waals surface area contributed by atoms with Crippen LogP contribution in [0.5, 0.6) is 5.88 Å². The Kier molecular flexibility index (Phi) is 1.76. The second kappa shape index (κ2) is 2.42. The zero-order valence-electron chi connectivity index (χ0n) is 5.72. The third-order valence-electron chi connectivity index (χ3n) is 1.16. The van der Waals surface area contributed by atoms with Crippen molar-refractivity contribution in [3.63, 3.8) is 0 Å². The smallest absolute Gasteiger partial charge is 0.233 e. The molecular formula is C6H7ClN2O. The highest BCUT2D eigenvalue weighted by atomic mass is 35.5. The molecule has 1 rings (SSSR count). The Morgan fingerprint density at radius 3 is 2.30 bits per heavy atom. The van der Waals surface area contributed by atoms with E-state index in [-0.39, 0.29) is 5.88 Å². The molecule has 1 aromatic heterocycles. The molecule has 3 nitrogen and oxygen atoms in total. The summed E-state index contributed by atoms with van der Waals surface area (Å²) in [5, 5.41) is 9.34. The minimum Gasteiger partial charge on any atom is -0.492 e. The number of rotatable bonds is 0. The lowest BCUT2D eigenvalue weighted by Gasteiger charge is -1.98. The van der Waals surface area contributed by atoms with E-state index in [9.17, 15) is 0 Å². The van der Waals surface area contributed by atoms with Crippen LogP contribution in [0.2, 0.25) is 5.15 Å². The van der Waals surface area contributed by atoms with Crippen molar-refractivity contribution in [3.05, 3.63) is 16.5 Å². The predicted octanol–water partition coefficient (Wildman–Crippen LogP) is 1.45. The molecule has 0 saturated heterocycles. The van der Waals surface area contributed by atoms with Crippen LogP contribution in [-0.4, -0.2) is 15.1 Å². The van der Waals surface area contributed by atoms with Crippen LogP contribution in [0.25, 0.3) is 0 Å². The van der Waals surface area contributed by atoms with Gasteiger partial charge in [0.2, 0.25) is 5.88 Å². The van der Waals surface area contributed by atoms with Crippen LogP contribution >= 0.6 is 11.6 Å². The van der Waals surface area contributed by atoms with Crippen LogP contribution in [0, 0.1) is 13.8 Å². The second-order valence-corrected chi connectivity index (χ2v) is 2.37. The number of aryl methyl sites for hydroxylation is 2. The van der Waals surface area contributed by atoms with Gasteiger partial charge in [-0.3, -0.25) is 0 Å². The van der Waals surface area contributed by atoms with Gasteiger partial charge in [-0.1, -0.05) is 11.6 Å². The summed E-state index contributed by atoms with van der Waals surface area (Å²) in [4.78, 5) is 7.56. The zero-order valence-corrected chi connectivity index (χ0v) is 6.48. The second-order valence-electron chi connectivity index (χ2n) is 2.01. The van der Waals surface area contributed by atoms with Crippen molar-refractivity contribution in [1.82, 2.24) is 9.97 Å². The van der Waals surface area contributed by atoms with Crippen molar-refractivity contribution >= 4 is 11.6 Å². The monoisotopic (exact) mass is 158 g/mol. The maximum atomic E-state index is 8.99. The van der Waals surface area contributed by atoms with E-state index in [1.165, 1.54) is 0 Å². The highest BCUT2D eigenvalue weighted by Crippen LogP contribution is 2.15. The summed E-state index contributed by atoms with van der Waals surface area (Å²) in [6.07, 6.45) is 0. The molecule has 0 aliphatic carbocycles. The summed E-state index contributed by atoms with van der Waals surface area (Å²) in [7, 11) is 0. The normalized spacial score (nSPS) is 9.90. The van der Waals surface area contributed by atoms with Gasteiger partial charge >= 0.3 is 0 Å². The lowest BCUT2D eigenvalue weighted by atomic mass is 10.4. The first-order chi connectivity index (χ1) is 4.61. The number of halogens is 1. The van der Waals surface area contributed by atoms with Gasteiger partial charge in [0, 0.05) is 0 Å². The molecule has 1 N–H and O–H groups in total. The fourth-order valence-corrected chi connectivity index (χ4v) is 0.733. The average molecular weight is 159 g/mol. The van der Waals surface area contributed by atoms with Gasteiger partial charge in [-0.05, 0) is 13.8 Å². The van der Waals surface area contributed by atoms with Crippen molar-refractivity contribution in [2.75, 3.05) is 0 Å². The van der Waals surface area contributed by atoms with E-state index in [2.05, 4.69) is 9.97 Å². The molecule has 1 aromatic rings. The molecule has 4 heteroatoms. The fourth-order valence-electron chi connectivity index (χ4n) is 0.564. The molecular weight excluding hydrogens is 152 g/mol. The first kappa shape index (κ1) is 7.28. The summed E-state index contributed by atoms with van der Waals surface area (Å²) >= 11 is 5.60. The van der Waals surface area contributed by atoms with Gasteiger partial charge in [-0.25, -0.2) is 9.97 Å². The summed E-state index contributed by atoms with van der Waals surface area (Å²) < 4.78 is 0. The first-order valence-electron chi connectivity index (χ1n) is 2.81. The maximum absolute atomic E-state index is 8.99. The summed E-state index contributed by atoms with van der Waals surface area (Å²) in [5.74, 6) is -0.0538. The topological polar surface area (TPSA) is 46.0 Å². The number of nitrogens with zero attached hydrogens (tertiary/aromatic N) is 2. The molecule has 0 fully saturated rings. The van der Waals surface area contributed by atoms with Gasteiger partial charge in [0.15, 0.2) is 5.15 Å². The van der Waals surface area contributed by atoms with Crippen LogP contribution in [-0.2, 0) is 0 Å². The van der Waals surface area contributed by atoms with E-state index in [1.54, 1.807) is 13.8 Å². The first-order valence-corrected chi connectivity index (χ1v) is 3.18. The Morgan fingerprint density at radius 2 is 1.80 bits per heavy atom. The SMILES string of the molecule is Cc1nc(Cl)c(C)nc1O. The van der Waals surface area contributed by atoms with E-state index in [1.807, 2.05) is 0 Å². The highest BCUT2D eigenvalue weighted by Gasteiger charge is 2.02. The van der Waals surface area contributed by atoms with Crippen molar-refractivity contribution in [2.45, 2.75) is 13.8 Å². The number of hydrogen-bond donors (Lipinski definition) is 1. The lowest BCUT2D eigenvalue weighted by Crippen LogP contribution is -1.90. The Morgan fingerprint density at radius 1 is 1.20 bits per heavy atom. The molecule has 0 atom stereocenters. The Bertz CT molecular complexity index is 212. The van der Waals surface area contributed by atoms with Crippen LogP contribution in [0.4, 0.5) is 0 Å². The molecule has 10 heavy (non-hydrogen) atoms. The van der Waals surface area contributed by atoms with Crippen molar-refractivity contribution in [1.29, 1.82) is 0 Å². The number of aromatic nitrogens is 2. The minimum atomic E-state index is -0.0538. The van der Waals surface area contributed by atoms with E-state index in [4.69, 9.17) is 16.7 Å². The Labute approximate surface area is 63.7 Å². The molecule has 1 heterocycles. The highest BCUT2D eigenvalue weighted by molar-refractivity contribution is 6.30. The molecule has 0 spiro atoms. The van der Waals surface area contributed by atoms with E-state index in [0.29, 0.717) is 16.5 Å². The lowest BCUT2D eigenvalue weighted by molar-refractivity contribution is 0.443. The summed E-state index contributed by atoms with van der Waals surface area (Å²) in [6, 6.07) is 0. The average Bonchev–Trinajstić information content (AvgIpc) is 1.84. The minimum absolute atomic E-state index is 0.0538. The fraction of sp³-hybridized carbons (Fsp3) is 0.333. The number of hydrogen-bond acceptors (Lipinski definition) is 3. The van der Waals surface area contributed by atoms with Crippen molar-refractivity contribution < 1.29 is 5.11 Å². The Hall–Kier alpha value is -0.830. The molecule has 0 amide bonds. The van der Waals surface area contributed by atoms with E-state index in [0.717, 1.165) is 0 Å². The maximum Gasteiger partial charge on any atom is 0.233 e. The summed E-state index contributed by atoms with van der Waals surface area (Å²) in [5.41, 5.74) is 1.00. The Balaban J connectivity index is 3.28. The van der Waals surface area contributed by atoms with Crippen LogP contribution in [0.1, 0.15) is 11.4 Å². The van der Waals surface area contributed by atoms with E-state index < -0.39 is 0 Å². The van der Waals surface area contributed by atoms with Crippen molar-refractivity contribution in [2.24, 2.45) is 0 Å². The van der Waals surface area contributed by atoms with Gasteiger partial charge in [0.1, 0.15) is 5.69 Å². The molecule has 0 radical (unpaired) electrons.